The summed E-state index contributed by atoms with van der Waals surface area (Å²) in [5.74, 6) is -0.914. The maximum Gasteiger partial charge on any atom is 0.269 e. The average Bonchev–Trinajstić information content (AvgIpc) is 3.28. The molecule has 31 heavy (non-hydrogen) atoms. The molecular weight excluding hydrogens is 400 g/mol. The zero-order valence-corrected chi connectivity index (χ0v) is 16.1. The van der Waals surface area contributed by atoms with Crippen LogP contribution < -0.4 is 0 Å². The number of aromatic amines is 1. The van der Waals surface area contributed by atoms with Crippen molar-refractivity contribution in [2.45, 2.75) is 0 Å². The molecule has 2 amide bonds. The van der Waals surface area contributed by atoms with Crippen LogP contribution in [0.25, 0.3) is 33.3 Å². The van der Waals surface area contributed by atoms with Crippen LogP contribution in [-0.4, -0.2) is 44.0 Å². The maximum atomic E-state index is 12.9. The number of carbonyl (C=O) groups excluding carboxylic acids is 2. The first kappa shape index (κ1) is 18.5. The largest absolute Gasteiger partial charge is 0.507 e. The molecule has 152 valence electrons. The SMILES string of the molecule is CN1C(=O)c2c(-c3ccc([N+](=O)[O-])cc3)cc3c(-c4ccccc4O)n[nH]c3c2C1=O. The number of aromatic hydroxyl groups is 1. The molecule has 4 aromatic rings. The van der Waals surface area contributed by atoms with Crippen molar-refractivity contribution in [2.24, 2.45) is 0 Å². The third-order valence-corrected chi connectivity index (χ3v) is 5.45. The molecule has 0 saturated heterocycles. The number of nitro benzene ring substituents is 1. The van der Waals surface area contributed by atoms with E-state index in [0.29, 0.717) is 33.3 Å². The van der Waals surface area contributed by atoms with Crippen molar-refractivity contribution in [3.63, 3.8) is 0 Å². The first-order valence-electron chi connectivity index (χ1n) is 9.29. The lowest BCUT2D eigenvalue weighted by atomic mass is 9.92. The minimum Gasteiger partial charge on any atom is -0.507 e. The minimum atomic E-state index is -0.508. The number of imide groups is 1. The van der Waals surface area contributed by atoms with Crippen molar-refractivity contribution in [3.05, 3.63) is 75.8 Å². The fourth-order valence-corrected chi connectivity index (χ4v) is 3.89. The van der Waals surface area contributed by atoms with E-state index < -0.39 is 16.7 Å². The van der Waals surface area contributed by atoms with Crippen molar-refractivity contribution < 1.29 is 19.6 Å². The van der Waals surface area contributed by atoms with Crippen LogP contribution in [-0.2, 0) is 0 Å². The number of hydrogen-bond acceptors (Lipinski definition) is 6. The Labute approximate surface area is 174 Å². The van der Waals surface area contributed by atoms with Gasteiger partial charge in [-0.1, -0.05) is 12.1 Å². The molecule has 1 aliphatic heterocycles. The van der Waals surface area contributed by atoms with E-state index in [1.165, 1.54) is 37.4 Å². The third-order valence-electron chi connectivity index (χ3n) is 5.45. The van der Waals surface area contributed by atoms with Crippen LogP contribution >= 0.6 is 0 Å². The molecule has 0 saturated carbocycles. The molecule has 9 nitrogen and oxygen atoms in total. The summed E-state index contributed by atoms with van der Waals surface area (Å²) in [7, 11) is 1.40. The van der Waals surface area contributed by atoms with Crippen LogP contribution in [0.3, 0.4) is 0 Å². The van der Waals surface area contributed by atoms with E-state index in [9.17, 15) is 24.8 Å². The summed E-state index contributed by atoms with van der Waals surface area (Å²) in [6, 6.07) is 14.1. The first-order valence-corrected chi connectivity index (χ1v) is 9.29. The van der Waals surface area contributed by atoms with Gasteiger partial charge < -0.3 is 5.11 Å². The number of rotatable bonds is 3. The summed E-state index contributed by atoms with van der Waals surface area (Å²) in [6.07, 6.45) is 0. The molecule has 0 fully saturated rings. The molecule has 1 aromatic heterocycles. The molecular formula is C22H14N4O5. The zero-order chi connectivity index (χ0) is 21.9. The molecule has 0 aliphatic carbocycles. The molecule has 1 aliphatic rings. The molecule has 9 heteroatoms. The first-order chi connectivity index (χ1) is 14.9. The van der Waals surface area contributed by atoms with Crippen molar-refractivity contribution in [2.75, 3.05) is 7.05 Å². The second-order valence-electron chi connectivity index (χ2n) is 7.16. The van der Waals surface area contributed by atoms with Gasteiger partial charge in [-0.2, -0.15) is 5.10 Å². The highest BCUT2D eigenvalue weighted by Gasteiger charge is 2.38. The number of amides is 2. The lowest BCUT2D eigenvalue weighted by Gasteiger charge is -2.09. The van der Waals surface area contributed by atoms with Crippen LogP contribution in [0.15, 0.2) is 54.6 Å². The number of benzene rings is 3. The van der Waals surface area contributed by atoms with Gasteiger partial charge >= 0.3 is 0 Å². The van der Waals surface area contributed by atoms with Gasteiger partial charge in [-0.3, -0.25) is 29.7 Å². The summed E-state index contributed by atoms with van der Waals surface area (Å²) < 4.78 is 0. The van der Waals surface area contributed by atoms with Crippen molar-refractivity contribution in [1.82, 2.24) is 15.1 Å². The topological polar surface area (TPSA) is 129 Å². The van der Waals surface area contributed by atoms with Crippen molar-refractivity contribution in [3.8, 4) is 28.1 Å². The highest BCUT2D eigenvalue weighted by Crippen LogP contribution is 2.41. The van der Waals surface area contributed by atoms with E-state index >= 15 is 0 Å². The summed E-state index contributed by atoms with van der Waals surface area (Å²) in [6.45, 7) is 0. The van der Waals surface area contributed by atoms with Gasteiger partial charge in [0, 0.05) is 30.1 Å². The number of fused-ring (bicyclic) bond motifs is 3. The second-order valence-corrected chi connectivity index (χ2v) is 7.16. The van der Waals surface area contributed by atoms with Crippen LogP contribution in [0.4, 0.5) is 5.69 Å². The van der Waals surface area contributed by atoms with Gasteiger partial charge in [0.05, 0.1) is 21.6 Å². The summed E-state index contributed by atoms with van der Waals surface area (Å²) >= 11 is 0. The monoisotopic (exact) mass is 414 g/mol. The van der Waals surface area contributed by atoms with Crippen molar-refractivity contribution in [1.29, 1.82) is 0 Å². The van der Waals surface area contributed by atoms with Gasteiger partial charge in [-0.25, -0.2) is 0 Å². The third kappa shape index (κ3) is 2.60. The van der Waals surface area contributed by atoms with Crippen LogP contribution in [0, 0.1) is 10.1 Å². The Morgan fingerprint density at radius 2 is 1.68 bits per heavy atom. The molecule has 0 atom stereocenters. The van der Waals surface area contributed by atoms with Gasteiger partial charge in [0.25, 0.3) is 17.5 Å². The minimum absolute atomic E-state index is 0.0211. The fraction of sp³-hybridized carbons (Fsp3) is 0.0455. The Kier molecular flexibility index (Phi) is 3.87. The number of para-hydroxylation sites is 1. The fourth-order valence-electron chi connectivity index (χ4n) is 3.89. The van der Waals surface area contributed by atoms with E-state index in [0.717, 1.165) is 4.90 Å². The molecule has 5 rings (SSSR count). The second kappa shape index (κ2) is 6.49. The number of nitrogens with one attached hydrogen (secondary N) is 1. The number of hydrogen-bond donors (Lipinski definition) is 2. The number of aromatic nitrogens is 2. The van der Waals surface area contributed by atoms with Crippen LogP contribution in [0.5, 0.6) is 5.75 Å². The molecule has 3 aromatic carbocycles. The molecule has 0 bridgehead atoms. The molecule has 2 heterocycles. The predicted octanol–water partition coefficient (Wildman–Crippen LogP) is 3.74. The summed E-state index contributed by atoms with van der Waals surface area (Å²) in [5.41, 5.74) is 2.60. The number of H-pyrrole nitrogens is 1. The number of carbonyl (C=O) groups is 2. The summed E-state index contributed by atoms with van der Waals surface area (Å²) in [5, 5.41) is 29.0. The Balaban J connectivity index is 1.84. The predicted molar refractivity (Wildman–Crippen MR) is 112 cm³/mol. The Hall–Kier alpha value is -4.53. The van der Waals surface area contributed by atoms with Gasteiger partial charge in [-0.15, -0.1) is 0 Å². The molecule has 2 N–H and O–H groups in total. The average molecular weight is 414 g/mol. The van der Waals surface area contributed by atoms with E-state index in [1.54, 1.807) is 24.3 Å². The Morgan fingerprint density at radius 1 is 1.00 bits per heavy atom. The van der Waals surface area contributed by atoms with Crippen molar-refractivity contribution >= 4 is 28.4 Å². The van der Waals surface area contributed by atoms with E-state index in [-0.39, 0.29) is 22.6 Å². The van der Waals surface area contributed by atoms with E-state index in [1.807, 2.05) is 0 Å². The standard InChI is InChI=1S/C22H14N4O5/c1-25-21(28)17-14(11-6-8-12(9-7-11)26(30)31)10-15-19(13-4-2-3-5-16(13)27)23-24-20(15)18(17)22(25)29/h2-10,27H,1H3,(H,23,24). The number of nitrogens with zero attached hydrogens (tertiary/aromatic N) is 3. The highest BCUT2D eigenvalue weighted by molar-refractivity contribution is 6.29. The maximum absolute atomic E-state index is 12.9. The van der Waals surface area contributed by atoms with Gasteiger partial charge in [0.1, 0.15) is 11.4 Å². The zero-order valence-electron chi connectivity index (χ0n) is 16.1. The highest BCUT2D eigenvalue weighted by atomic mass is 16.6. The van der Waals surface area contributed by atoms with E-state index in [4.69, 9.17) is 0 Å². The Morgan fingerprint density at radius 3 is 2.35 bits per heavy atom. The lowest BCUT2D eigenvalue weighted by Crippen LogP contribution is -2.24. The van der Waals surface area contributed by atoms with Crippen LogP contribution in [0.2, 0.25) is 0 Å². The lowest BCUT2D eigenvalue weighted by molar-refractivity contribution is -0.384. The summed E-state index contributed by atoms with van der Waals surface area (Å²) in [4.78, 5) is 37.3. The number of non-ortho nitro benzene ring substituents is 1. The number of nitro groups is 1. The quantitative estimate of drug-likeness (QED) is 0.298. The normalized spacial score (nSPS) is 13.1. The van der Waals surface area contributed by atoms with Gasteiger partial charge in [-0.05, 0) is 41.5 Å². The molecule has 0 radical (unpaired) electrons. The Bertz CT molecular complexity index is 1420. The van der Waals surface area contributed by atoms with Gasteiger partial charge in [0.15, 0.2) is 0 Å². The van der Waals surface area contributed by atoms with Gasteiger partial charge in [0.2, 0.25) is 0 Å². The smallest absolute Gasteiger partial charge is 0.269 e. The van der Waals surface area contributed by atoms with E-state index in [2.05, 4.69) is 10.2 Å². The molecule has 0 unspecified atom stereocenters. The van der Waals surface area contributed by atoms with Crippen LogP contribution in [0.1, 0.15) is 20.7 Å². The number of phenolic OH excluding ortho intramolecular Hbond substituents is 1. The number of phenols is 1. The molecule has 0 spiro atoms.